The number of anilines is 1. The number of piperidine rings is 1. The number of carboxylic acids is 1. The zero-order valence-electron chi connectivity index (χ0n) is 14.7. The highest BCUT2D eigenvalue weighted by Crippen LogP contribution is 2.30. The van der Waals surface area contributed by atoms with Gasteiger partial charge in [-0.05, 0) is 50.3 Å². The summed E-state index contributed by atoms with van der Waals surface area (Å²) in [6.07, 6.45) is 5.93. The van der Waals surface area contributed by atoms with E-state index in [4.69, 9.17) is 0 Å². The number of hydrogen-bond donors (Lipinski definition) is 2. The Kier molecular flexibility index (Phi) is 5.11. The molecule has 2 amide bonds. The van der Waals surface area contributed by atoms with Crippen molar-refractivity contribution in [1.82, 2.24) is 15.2 Å². The van der Waals surface area contributed by atoms with Gasteiger partial charge >= 0.3 is 12.0 Å². The lowest BCUT2D eigenvalue weighted by molar-refractivity contribution is -0.147. The van der Waals surface area contributed by atoms with Crippen molar-refractivity contribution >= 4 is 17.8 Å². The minimum atomic E-state index is -0.844. The molecule has 1 unspecified atom stereocenters. The Morgan fingerprint density at radius 1 is 1.28 bits per heavy atom. The van der Waals surface area contributed by atoms with Gasteiger partial charge in [-0.1, -0.05) is 0 Å². The molecule has 25 heavy (non-hydrogen) atoms. The van der Waals surface area contributed by atoms with Gasteiger partial charge in [-0.25, -0.2) is 9.78 Å². The number of aromatic nitrogens is 1. The smallest absolute Gasteiger partial charge is 0.317 e. The summed E-state index contributed by atoms with van der Waals surface area (Å²) >= 11 is 0. The summed E-state index contributed by atoms with van der Waals surface area (Å²) in [7, 11) is 0. The van der Waals surface area contributed by atoms with E-state index >= 15 is 0 Å². The fourth-order valence-corrected chi connectivity index (χ4v) is 3.46. The molecule has 1 aromatic heterocycles. The van der Waals surface area contributed by atoms with E-state index in [0.29, 0.717) is 19.5 Å². The first-order chi connectivity index (χ1) is 12.0. The third-order valence-electron chi connectivity index (χ3n) is 5.21. The predicted octanol–water partition coefficient (Wildman–Crippen LogP) is 2.08. The number of likely N-dealkylation sites (tertiary alicyclic amines) is 1. The molecule has 0 bridgehead atoms. The summed E-state index contributed by atoms with van der Waals surface area (Å²) in [6, 6.07) is 3.72. The highest BCUT2D eigenvalue weighted by Gasteiger charge is 2.42. The first-order valence-corrected chi connectivity index (χ1v) is 8.94. The number of carbonyl (C=O) groups is 2. The van der Waals surface area contributed by atoms with Gasteiger partial charge < -0.3 is 20.2 Å². The van der Waals surface area contributed by atoms with E-state index in [1.165, 1.54) is 19.3 Å². The predicted molar refractivity (Wildman–Crippen MR) is 94.5 cm³/mol. The number of urea groups is 1. The largest absolute Gasteiger partial charge is 0.481 e. The Morgan fingerprint density at radius 2 is 2.04 bits per heavy atom. The van der Waals surface area contributed by atoms with Gasteiger partial charge in [-0.3, -0.25) is 4.79 Å². The molecule has 2 saturated heterocycles. The minimum Gasteiger partial charge on any atom is -0.481 e. The molecule has 0 saturated carbocycles. The van der Waals surface area contributed by atoms with E-state index in [1.54, 1.807) is 18.0 Å². The number of pyridine rings is 1. The average molecular weight is 346 g/mol. The number of nitrogens with zero attached hydrogens (tertiary/aromatic N) is 3. The number of carbonyl (C=O) groups excluding carboxylic acids is 1. The SMILES string of the molecule is CC1(C(=O)O)CCN(C(=O)NCc2ccnc(N3CCCCC3)c2)C1. The lowest BCUT2D eigenvalue weighted by atomic mass is 9.90. The molecule has 0 radical (unpaired) electrons. The second-order valence-corrected chi connectivity index (χ2v) is 7.27. The quantitative estimate of drug-likeness (QED) is 0.872. The van der Waals surface area contributed by atoms with Gasteiger partial charge in [0.25, 0.3) is 0 Å². The van der Waals surface area contributed by atoms with E-state index < -0.39 is 11.4 Å². The van der Waals surface area contributed by atoms with Crippen LogP contribution >= 0.6 is 0 Å². The second-order valence-electron chi connectivity index (χ2n) is 7.27. The first-order valence-electron chi connectivity index (χ1n) is 8.94. The standard InChI is InChI=1S/C18H26N4O3/c1-18(16(23)24)6-10-22(13-18)17(25)20-12-14-5-7-19-15(11-14)21-8-3-2-4-9-21/h5,7,11H,2-4,6,8-10,12-13H2,1H3,(H,20,25)(H,23,24). The molecule has 3 rings (SSSR count). The molecule has 0 aliphatic carbocycles. The van der Waals surface area contributed by atoms with Gasteiger partial charge in [0.05, 0.1) is 5.41 Å². The zero-order chi connectivity index (χ0) is 17.9. The number of aliphatic carboxylic acids is 1. The van der Waals surface area contributed by atoms with Gasteiger partial charge in [0, 0.05) is 38.9 Å². The molecule has 2 aliphatic rings. The second kappa shape index (κ2) is 7.29. The molecule has 7 heteroatoms. The van der Waals surface area contributed by atoms with Crippen LogP contribution in [0.2, 0.25) is 0 Å². The van der Waals surface area contributed by atoms with E-state index in [2.05, 4.69) is 15.2 Å². The number of rotatable bonds is 4. The molecule has 1 atom stereocenters. The Hall–Kier alpha value is -2.31. The summed E-state index contributed by atoms with van der Waals surface area (Å²) in [6.45, 7) is 4.90. The number of amides is 2. The van der Waals surface area contributed by atoms with Crippen molar-refractivity contribution in [2.45, 2.75) is 39.2 Å². The molecule has 0 spiro atoms. The third-order valence-corrected chi connectivity index (χ3v) is 5.21. The minimum absolute atomic E-state index is 0.207. The summed E-state index contributed by atoms with van der Waals surface area (Å²) in [5.41, 5.74) is 0.166. The Morgan fingerprint density at radius 3 is 2.72 bits per heavy atom. The van der Waals surface area contributed by atoms with Gasteiger partial charge in [-0.15, -0.1) is 0 Å². The topological polar surface area (TPSA) is 85.8 Å². The number of nitrogens with one attached hydrogen (secondary N) is 1. The van der Waals surface area contributed by atoms with Crippen molar-refractivity contribution in [3.63, 3.8) is 0 Å². The van der Waals surface area contributed by atoms with E-state index in [9.17, 15) is 14.7 Å². The summed E-state index contributed by atoms with van der Waals surface area (Å²) < 4.78 is 0. The molecule has 2 fully saturated rings. The van der Waals surface area contributed by atoms with E-state index in [0.717, 1.165) is 24.5 Å². The molecule has 7 nitrogen and oxygen atoms in total. The zero-order valence-corrected chi connectivity index (χ0v) is 14.7. The van der Waals surface area contributed by atoms with Crippen LogP contribution in [0.4, 0.5) is 10.6 Å². The van der Waals surface area contributed by atoms with Crippen molar-refractivity contribution in [1.29, 1.82) is 0 Å². The van der Waals surface area contributed by atoms with Crippen LogP contribution < -0.4 is 10.2 Å². The first kappa shape index (κ1) is 17.5. The van der Waals surface area contributed by atoms with Crippen molar-refractivity contribution in [2.75, 3.05) is 31.1 Å². The van der Waals surface area contributed by atoms with Crippen LogP contribution in [0.1, 0.15) is 38.2 Å². The molecular formula is C18H26N4O3. The van der Waals surface area contributed by atoms with Crippen molar-refractivity contribution in [3.8, 4) is 0 Å². The molecule has 2 N–H and O–H groups in total. The number of hydrogen-bond acceptors (Lipinski definition) is 4. The van der Waals surface area contributed by atoms with Gasteiger partial charge in [0.1, 0.15) is 5.82 Å². The number of carboxylic acid groups (broad SMARTS) is 1. The van der Waals surface area contributed by atoms with E-state index in [-0.39, 0.29) is 12.6 Å². The molecule has 1 aromatic rings. The average Bonchev–Trinajstić information content (AvgIpc) is 3.05. The fraction of sp³-hybridized carbons (Fsp3) is 0.611. The maximum atomic E-state index is 12.3. The summed E-state index contributed by atoms with van der Waals surface area (Å²) in [4.78, 5) is 31.9. The maximum Gasteiger partial charge on any atom is 0.317 e. The van der Waals surface area contributed by atoms with Crippen LogP contribution in [0, 0.1) is 5.41 Å². The molecule has 2 aliphatic heterocycles. The van der Waals surface area contributed by atoms with Crippen LogP contribution in [-0.4, -0.2) is 53.2 Å². The maximum absolute atomic E-state index is 12.3. The van der Waals surface area contributed by atoms with Gasteiger partial charge in [0.2, 0.25) is 0 Å². The molecular weight excluding hydrogens is 320 g/mol. The highest BCUT2D eigenvalue weighted by molar-refractivity contribution is 5.79. The third kappa shape index (κ3) is 4.03. The monoisotopic (exact) mass is 346 g/mol. The Bertz CT molecular complexity index is 645. The lowest BCUT2D eigenvalue weighted by Crippen LogP contribution is -2.40. The Labute approximate surface area is 148 Å². The molecule has 0 aromatic carbocycles. The highest BCUT2D eigenvalue weighted by atomic mass is 16.4. The van der Waals surface area contributed by atoms with Gasteiger partial charge in [-0.2, -0.15) is 0 Å². The van der Waals surface area contributed by atoms with Crippen LogP contribution in [0.3, 0.4) is 0 Å². The fourth-order valence-electron chi connectivity index (χ4n) is 3.46. The van der Waals surface area contributed by atoms with Crippen LogP contribution in [-0.2, 0) is 11.3 Å². The summed E-state index contributed by atoms with van der Waals surface area (Å²) in [5.74, 6) is 0.120. The van der Waals surface area contributed by atoms with Crippen LogP contribution in [0.15, 0.2) is 18.3 Å². The van der Waals surface area contributed by atoms with Crippen molar-refractivity contribution < 1.29 is 14.7 Å². The lowest BCUT2D eigenvalue weighted by Gasteiger charge is -2.28. The van der Waals surface area contributed by atoms with Crippen LogP contribution in [0.25, 0.3) is 0 Å². The Balaban J connectivity index is 1.55. The summed E-state index contributed by atoms with van der Waals surface area (Å²) in [5, 5.41) is 12.2. The molecule has 3 heterocycles. The normalized spacial score (nSPS) is 23.6. The van der Waals surface area contributed by atoms with E-state index in [1.807, 2.05) is 12.1 Å². The van der Waals surface area contributed by atoms with Crippen LogP contribution in [0.5, 0.6) is 0 Å². The van der Waals surface area contributed by atoms with Crippen molar-refractivity contribution in [3.05, 3.63) is 23.9 Å². The van der Waals surface area contributed by atoms with Crippen molar-refractivity contribution in [2.24, 2.45) is 5.41 Å². The molecule has 136 valence electrons. The van der Waals surface area contributed by atoms with Gasteiger partial charge in [0.15, 0.2) is 0 Å².